The Hall–Kier alpha value is -0.900. The maximum absolute atomic E-state index is 6.24. The molecule has 1 aliphatic rings. The van der Waals surface area contributed by atoms with Crippen molar-refractivity contribution in [3.63, 3.8) is 0 Å². The molecule has 88 valence electrons. The van der Waals surface area contributed by atoms with Crippen molar-refractivity contribution >= 4 is 0 Å². The summed E-state index contributed by atoms with van der Waals surface area (Å²) < 4.78 is 0. The van der Waals surface area contributed by atoms with Crippen LogP contribution < -0.4 is 16.8 Å². The SMILES string of the molecule is CC1CCNC(c2ccc(CN)cc2)C1N. The fourth-order valence-corrected chi connectivity index (χ4v) is 2.32. The predicted octanol–water partition coefficient (Wildman–Crippen LogP) is 1.14. The fraction of sp³-hybridized carbons (Fsp3) is 0.538. The van der Waals surface area contributed by atoms with E-state index in [4.69, 9.17) is 11.5 Å². The third-order valence-corrected chi connectivity index (χ3v) is 3.58. The molecule has 0 amide bonds. The van der Waals surface area contributed by atoms with Gasteiger partial charge in [0.05, 0.1) is 0 Å². The van der Waals surface area contributed by atoms with Gasteiger partial charge < -0.3 is 16.8 Å². The summed E-state index contributed by atoms with van der Waals surface area (Å²) in [5, 5.41) is 3.50. The minimum atomic E-state index is 0.206. The van der Waals surface area contributed by atoms with Gasteiger partial charge >= 0.3 is 0 Å². The number of benzene rings is 1. The van der Waals surface area contributed by atoms with Crippen molar-refractivity contribution in [2.75, 3.05) is 6.54 Å². The van der Waals surface area contributed by atoms with Crippen LogP contribution in [0.5, 0.6) is 0 Å². The molecular formula is C13H21N3. The van der Waals surface area contributed by atoms with E-state index in [0.717, 1.165) is 6.54 Å². The Morgan fingerprint density at radius 3 is 2.62 bits per heavy atom. The lowest BCUT2D eigenvalue weighted by Gasteiger charge is -2.35. The van der Waals surface area contributed by atoms with Gasteiger partial charge in [-0.15, -0.1) is 0 Å². The van der Waals surface area contributed by atoms with Gasteiger partial charge in [0.15, 0.2) is 0 Å². The summed E-state index contributed by atoms with van der Waals surface area (Å²) >= 11 is 0. The Morgan fingerprint density at radius 1 is 1.31 bits per heavy atom. The van der Waals surface area contributed by atoms with Crippen LogP contribution in [-0.4, -0.2) is 12.6 Å². The van der Waals surface area contributed by atoms with E-state index >= 15 is 0 Å². The Kier molecular flexibility index (Phi) is 3.59. The first-order valence-corrected chi connectivity index (χ1v) is 6.00. The zero-order valence-corrected chi connectivity index (χ0v) is 9.82. The highest BCUT2D eigenvalue weighted by molar-refractivity contribution is 5.26. The van der Waals surface area contributed by atoms with Crippen LogP contribution in [0.15, 0.2) is 24.3 Å². The van der Waals surface area contributed by atoms with Crippen LogP contribution >= 0.6 is 0 Å². The van der Waals surface area contributed by atoms with Crippen molar-refractivity contribution in [2.24, 2.45) is 17.4 Å². The van der Waals surface area contributed by atoms with Gasteiger partial charge in [-0.3, -0.25) is 0 Å². The van der Waals surface area contributed by atoms with Gasteiger partial charge in [-0.1, -0.05) is 31.2 Å². The van der Waals surface area contributed by atoms with Crippen LogP contribution in [0, 0.1) is 5.92 Å². The second kappa shape index (κ2) is 4.95. The summed E-state index contributed by atoms with van der Waals surface area (Å²) in [6, 6.07) is 8.94. The molecule has 1 fully saturated rings. The van der Waals surface area contributed by atoms with Gasteiger partial charge in [0.2, 0.25) is 0 Å². The Labute approximate surface area is 97.2 Å². The van der Waals surface area contributed by atoms with Gasteiger partial charge in [0.25, 0.3) is 0 Å². The van der Waals surface area contributed by atoms with Crippen LogP contribution in [0.25, 0.3) is 0 Å². The lowest BCUT2D eigenvalue weighted by atomic mass is 9.85. The van der Waals surface area contributed by atoms with E-state index in [1.807, 2.05) is 0 Å². The summed E-state index contributed by atoms with van der Waals surface area (Å²) in [7, 11) is 0. The third kappa shape index (κ3) is 2.26. The summed E-state index contributed by atoms with van der Waals surface area (Å²) in [5.41, 5.74) is 14.3. The third-order valence-electron chi connectivity index (χ3n) is 3.58. The molecular weight excluding hydrogens is 198 g/mol. The van der Waals surface area contributed by atoms with Crippen LogP contribution in [0.2, 0.25) is 0 Å². The number of nitrogens with two attached hydrogens (primary N) is 2. The number of nitrogens with one attached hydrogen (secondary N) is 1. The summed E-state index contributed by atoms with van der Waals surface area (Å²) in [4.78, 5) is 0. The molecule has 1 aromatic rings. The zero-order valence-electron chi connectivity index (χ0n) is 9.82. The Bertz CT molecular complexity index is 334. The van der Waals surface area contributed by atoms with Crippen molar-refractivity contribution in [1.29, 1.82) is 0 Å². The predicted molar refractivity (Wildman–Crippen MR) is 66.8 cm³/mol. The molecule has 0 radical (unpaired) electrons. The molecule has 5 N–H and O–H groups in total. The van der Waals surface area contributed by atoms with Crippen molar-refractivity contribution in [3.8, 4) is 0 Å². The molecule has 3 atom stereocenters. The number of hydrogen-bond acceptors (Lipinski definition) is 3. The highest BCUT2D eigenvalue weighted by atomic mass is 15.0. The van der Waals surface area contributed by atoms with E-state index in [0.29, 0.717) is 12.5 Å². The van der Waals surface area contributed by atoms with Crippen LogP contribution in [0.3, 0.4) is 0 Å². The zero-order chi connectivity index (χ0) is 11.5. The molecule has 0 aromatic heterocycles. The Morgan fingerprint density at radius 2 is 2.00 bits per heavy atom. The van der Waals surface area contributed by atoms with Crippen molar-refractivity contribution in [2.45, 2.75) is 32.0 Å². The molecule has 0 aliphatic carbocycles. The smallest absolute Gasteiger partial charge is 0.0476 e. The summed E-state index contributed by atoms with van der Waals surface area (Å²) in [5.74, 6) is 0.584. The second-order valence-electron chi connectivity index (χ2n) is 4.72. The molecule has 3 unspecified atom stereocenters. The van der Waals surface area contributed by atoms with E-state index in [-0.39, 0.29) is 12.1 Å². The molecule has 0 bridgehead atoms. The average molecular weight is 219 g/mol. The van der Waals surface area contributed by atoms with Crippen LogP contribution in [0.1, 0.15) is 30.5 Å². The monoisotopic (exact) mass is 219 g/mol. The van der Waals surface area contributed by atoms with E-state index in [9.17, 15) is 0 Å². The maximum Gasteiger partial charge on any atom is 0.0476 e. The number of piperidine rings is 1. The first kappa shape index (κ1) is 11.6. The number of hydrogen-bond donors (Lipinski definition) is 3. The normalized spacial score (nSPS) is 30.3. The minimum absolute atomic E-state index is 0.206. The highest BCUT2D eigenvalue weighted by Gasteiger charge is 2.28. The highest BCUT2D eigenvalue weighted by Crippen LogP contribution is 2.26. The maximum atomic E-state index is 6.24. The van der Waals surface area contributed by atoms with Gasteiger partial charge in [0.1, 0.15) is 0 Å². The molecule has 3 heteroatoms. The molecule has 1 aromatic carbocycles. The molecule has 1 saturated heterocycles. The van der Waals surface area contributed by atoms with Crippen LogP contribution in [0.4, 0.5) is 0 Å². The molecule has 0 saturated carbocycles. The van der Waals surface area contributed by atoms with E-state index in [1.54, 1.807) is 0 Å². The lowest BCUT2D eigenvalue weighted by Crippen LogP contribution is -2.47. The lowest BCUT2D eigenvalue weighted by molar-refractivity contribution is 0.275. The average Bonchev–Trinajstić information content (AvgIpc) is 2.33. The molecule has 2 rings (SSSR count). The van der Waals surface area contributed by atoms with Crippen molar-refractivity contribution in [3.05, 3.63) is 35.4 Å². The minimum Gasteiger partial charge on any atom is -0.326 e. The van der Waals surface area contributed by atoms with E-state index in [1.165, 1.54) is 17.5 Å². The molecule has 1 aliphatic heterocycles. The van der Waals surface area contributed by atoms with E-state index < -0.39 is 0 Å². The summed E-state index contributed by atoms with van der Waals surface area (Å²) in [6.45, 7) is 3.88. The van der Waals surface area contributed by atoms with Gasteiger partial charge in [-0.25, -0.2) is 0 Å². The first-order valence-electron chi connectivity index (χ1n) is 6.00. The molecule has 16 heavy (non-hydrogen) atoms. The van der Waals surface area contributed by atoms with Gasteiger partial charge in [-0.05, 0) is 30.0 Å². The summed E-state index contributed by atoms with van der Waals surface area (Å²) in [6.07, 6.45) is 1.17. The molecule has 1 heterocycles. The quantitative estimate of drug-likeness (QED) is 0.699. The number of rotatable bonds is 2. The molecule has 3 nitrogen and oxygen atoms in total. The van der Waals surface area contributed by atoms with Crippen molar-refractivity contribution < 1.29 is 0 Å². The standard InChI is InChI=1S/C13H21N3/c1-9-6-7-16-13(12(9)15)11-4-2-10(8-14)3-5-11/h2-5,9,12-13,16H,6-8,14-15H2,1H3. The van der Waals surface area contributed by atoms with E-state index in [2.05, 4.69) is 36.5 Å². The van der Waals surface area contributed by atoms with Crippen LogP contribution in [-0.2, 0) is 6.54 Å². The fourth-order valence-electron chi connectivity index (χ4n) is 2.32. The van der Waals surface area contributed by atoms with Gasteiger partial charge in [0, 0.05) is 18.6 Å². The topological polar surface area (TPSA) is 64.1 Å². The second-order valence-corrected chi connectivity index (χ2v) is 4.72. The van der Waals surface area contributed by atoms with Gasteiger partial charge in [-0.2, -0.15) is 0 Å². The van der Waals surface area contributed by atoms with Crippen molar-refractivity contribution in [1.82, 2.24) is 5.32 Å². The molecule has 0 spiro atoms. The first-order chi connectivity index (χ1) is 7.72. The Balaban J connectivity index is 2.15. The largest absolute Gasteiger partial charge is 0.326 e.